The van der Waals surface area contributed by atoms with Gasteiger partial charge >= 0.3 is 35.3 Å². The summed E-state index contributed by atoms with van der Waals surface area (Å²) in [6, 6.07) is 12.3. The normalized spacial score (nSPS) is 10.9. The van der Waals surface area contributed by atoms with Crippen molar-refractivity contribution in [1.29, 1.82) is 0 Å². The fourth-order valence-corrected chi connectivity index (χ4v) is 2.62. The quantitative estimate of drug-likeness (QED) is 0.257. The van der Waals surface area contributed by atoms with Crippen molar-refractivity contribution in [2.24, 2.45) is 5.73 Å². The Kier molecular flexibility index (Phi) is 16.7. The van der Waals surface area contributed by atoms with Crippen LogP contribution >= 0.6 is 18.8 Å². The molecule has 1 aliphatic carbocycles. The van der Waals surface area contributed by atoms with Crippen LogP contribution in [0.3, 0.4) is 0 Å². The molecule has 2 aromatic rings. The Morgan fingerprint density at radius 2 is 1.37 bits per heavy atom. The molecule has 0 unspecified atom stereocenters. The van der Waals surface area contributed by atoms with Crippen molar-refractivity contribution in [3.63, 3.8) is 0 Å². The van der Waals surface area contributed by atoms with Crippen LogP contribution < -0.4 is 22.5 Å². The molecule has 0 atom stereocenters. The van der Waals surface area contributed by atoms with E-state index in [0.717, 1.165) is 19.5 Å². The Morgan fingerprint density at radius 1 is 0.900 bits per heavy atom. The zero-order valence-electron chi connectivity index (χ0n) is 16.9. The zero-order valence-corrected chi connectivity index (χ0v) is 20.7. The van der Waals surface area contributed by atoms with Gasteiger partial charge in [0.05, 0.1) is 5.56 Å². The summed E-state index contributed by atoms with van der Waals surface area (Å²) in [4.78, 5) is 25.2. The minimum absolute atomic E-state index is 0.0947. The van der Waals surface area contributed by atoms with Crippen molar-refractivity contribution in [2.45, 2.75) is 6.42 Å². The van der Waals surface area contributed by atoms with Crippen molar-refractivity contribution >= 4 is 36.1 Å². The van der Waals surface area contributed by atoms with E-state index in [9.17, 15) is 9.59 Å². The van der Waals surface area contributed by atoms with Crippen molar-refractivity contribution in [3.05, 3.63) is 78.6 Å². The zero-order chi connectivity index (χ0) is 22.9. The fraction of sp³-hybridized carbons (Fsp3) is 0.238. The van der Waals surface area contributed by atoms with Gasteiger partial charge in [-0.3, -0.25) is 23.4 Å². The molecule has 0 fully saturated rings. The molecule has 1 aliphatic rings. The molecule has 168 valence electrons. The molecule has 2 aromatic carbocycles. The van der Waals surface area contributed by atoms with Crippen molar-refractivity contribution < 1.29 is 37.5 Å². The van der Waals surface area contributed by atoms with Gasteiger partial charge in [-0.25, -0.2) is 0 Å². The maximum absolute atomic E-state index is 12.7. The number of rotatable bonds is 4. The van der Waals surface area contributed by atoms with Crippen LogP contribution in [0, 0.1) is 13.8 Å². The average molecular weight is 636 g/mol. The summed E-state index contributed by atoms with van der Waals surface area (Å²) in [7, 11) is 9.75. The molecule has 0 saturated heterocycles. The molecule has 0 amide bonds. The van der Waals surface area contributed by atoms with Gasteiger partial charge in [0.1, 0.15) is 0 Å². The Balaban J connectivity index is 0.000000806. The van der Waals surface area contributed by atoms with Crippen LogP contribution in [0.25, 0.3) is 0 Å². The molecule has 3 rings (SSSR count). The molecule has 0 spiro atoms. The first kappa shape index (κ1) is 28.7. The van der Waals surface area contributed by atoms with E-state index in [1.807, 2.05) is 6.07 Å². The second-order valence-electron chi connectivity index (χ2n) is 5.75. The Labute approximate surface area is 195 Å². The molecule has 9 N–H and O–H groups in total. The third kappa shape index (κ3) is 8.84. The van der Waals surface area contributed by atoms with E-state index in [2.05, 4.69) is 30.6 Å². The van der Waals surface area contributed by atoms with Gasteiger partial charge in [0.2, 0.25) is 0 Å². The summed E-state index contributed by atoms with van der Waals surface area (Å²) in [6.45, 7) is 9.51. The van der Waals surface area contributed by atoms with E-state index in [4.69, 9.17) is 24.6 Å². The molecule has 30 heavy (non-hydrogen) atoms. The average Bonchev–Trinajstić information content (AvgIpc) is 2.74. The van der Waals surface area contributed by atoms with Gasteiger partial charge in [-0.1, -0.05) is 49.5 Å². The monoisotopic (exact) mass is 635 g/mol. The molecule has 0 radical (unpaired) electrons. The number of quaternary nitrogens is 2. The first-order chi connectivity index (χ1) is 14.5. The number of carbonyl (C=O) groups is 2. The molecule has 0 bridgehead atoms. The molecule has 0 heterocycles. The van der Waals surface area contributed by atoms with Gasteiger partial charge in [0, 0.05) is 28.9 Å². The van der Waals surface area contributed by atoms with E-state index in [1.165, 1.54) is 0 Å². The van der Waals surface area contributed by atoms with Crippen molar-refractivity contribution in [1.82, 2.24) is 0 Å². The summed E-state index contributed by atoms with van der Waals surface area (Å²) in [5, 5.41) is 3.20. The number of nitrogens with one attached hydrogen (secondary N) is 1. The van der Waals surface area contributed by atoms with E-state index < -0.39 is 16.5 Å². The van der Waals surface area contributed by atoms with Gasteiger partial charge in [-0.15, -0.1) is 0 Å². The Morgan fingerprint density at radius 3 is 1.87 bits per heavy atom. The van der Waals surface area contributed by atoms with E-state index >= 15 is 0 Å². The topological polar surface area (TPSA) is 127 Å². The molecular weight excluding hydrogens is 606 g/mol. The number of ketones is 2. The van der Waals surface area contributed by atoms with Crippen LogP contribution in [0.4, 0.5) is 5.69 Å². The molecule has 0 aliphatic heterocycles. The number of hydrogen-bond donors (Lipinski definition) is 4. The fourth-order valence-electron chi connectivity index (χ4n) is 2.62. The first-order valence-corrected chi connectivity index (χ1v) is 14.9. The molecular formula is C21H30Cl2N4O2Pt+2. The van der Waals surface area contributed by atoms with Gasteiger partial charge in [-0.05, 0) is 19.0 Å². The second kappa shape index (κ2) is 17.4. The van der Waals surface area contributed by atoms with Gasteiger partial charge in [-0.2, -0.15) is 0 Å². The number of hydrogen-bond acceptors (Lipinski definition) is 4. The number of carbonyl (C=O) groups excluding carboxylic acids is 2. The second-order valence-corrected chi connectivity index (χ2v) is 9.04. The standard InChI is InChI=1S/C17H16N2O2.2C2H6N.2ClH.Pt/c18-9-4-10-19-14-8-3-7-13-15(14)17(21)12-6-2-1-5-11(12)16(13)20;2*1-2-3;;;/h1-3,5-8,19H,4,9-10,18H2;2*1-3H2;2*1H;/q;2*-1;;;+4. The Bertz CT molecular complexity index is 787. The van der Waals surface area contributed by atoms with E-state index in [-0.39, 0.29) is 11.6 Å². The number of anilines is 1. The minimum atomic E-state index is -0.472. The first-order valence-electron chi connectivity index (χ1n) is 9.23. The molecule has 6 nitrogen and oxygen atoms in total. The van der Waals surface area contributed by atoms with E-state index in [1.54, 1.807) is 36.4 Å². The van der Waals surface area contributed by atoms with Crippen LogP contribution in [0.1, 0.15) is 38.3 Å². The van der Waals surface area contributed by atoms with Crippen LogP contribution in [0.15, 0.2) is 42.5 Å². The van der Waals surface area contributed by atoms with Crippen LogP contribution in [0.5, 0.6) is 0 Å². The predicted molar refractivity (Wildman–Crippen MR) is 120 cm³/mol. The van der Waals surface area contributed by atoms with E-state index in [0.29, 0.717) is 41.0 Å². The van der Waals surface area contributed by atoms with Crippen molar-refractivity contribution in [2.75, 3.05) is 31.5 Å². The number of halogens is 2. The van der Waals surface area contributed by atoms with Crippen LogP contribution in [-0.4, -0.2) is 37.7 Å². The SMILES string of the molecule is NCCCNc1cccc2c1C(=O)c1ccccc1C2=O.[CH2-]C[NH3+].[CH2-]C[NH3+].[Cl][Pt+2][Cl]. The summed E-state index contributed by atoms with van der Waals surface area (Å²) >= 11 is -0.472. The Hall–Kier alpha value is -1.27. The molecule has 9 heteroatoms. The van der Waals surface area contributed by atoms with Gasteiger partial charge in [0.15, 0.2) is 11.6 Å². The summed E-state index contributed by atoms with van der Waals surface area (Å²) in [5.41, 5.74) is 14.8. The molecule has 0 saturated carbocycles. The maximum atomic E-state index is 12.7. The third-order valence-electron chi connectivity index (χ3n) is 3.65. The third-order valence-corrected chi connectivity index (χ3v) is 3.65. The van der Waals surface area contributed by atoms with Gasteiger partial charge < -0.3 is 22.5 Å². The van der Waals surface area contributed by atoms with Crippen LogP contribution in [-0.2, 0) is 16.5 Å². The van der Waals surface area contributed by atoms with Crippen LogP contribution in [0.2, 0.25) is 0 Å². The molecule has 0 aromatic heterocycles. The summed E-state index contributed by atoms with van der Waals surface area (Å²) in [6.07, 6.45) is 0.808. The summed E-state index contributed by atoms with van der Waals surface area (Å²) < 4.78 is 0. The number of fused-ring (bicyclic) bond motifs is 2. The number of benzene rings is 2. The van der Waals surface area contributed by atoms with Crippen molar-refractivity contribution in [3.8, 4) is 0 Å². The summed E-state index contributed by atoms with van der Waals surface area (Å²) in [5.74, 6) is -0.196. The predicted octanol–water partition coefficient (Wildman–Crippen LogP) is 1.72. The van der Waals surface area contributed by atoms with Gasteiger partial charge in [0.25, 0.3) is 0 Å². The number of nitrogens with two attached hydrogens (primary N) is 1.